The fourth-order valence-corrected chi connectivity index (χ4v) is 4.53. The molecule has 2 heteroatoms. The number of benzene rings is 3. The zero-order valence-electron chi connectivity index (χ0n) is 15.9. The van der Waals surface area contributed by atoms with Crippen molar-refractivity contribution in [2.75, 3.05) is 18.0 Å². The van der Waals surface area contributed by atoms with E-state index in [4.69, 9.17) is 0 Å². The van der Waals surface area contributed by atoms with Crippen LogP contribution in [0.2, 0.25) is 0 Å². The van der Waals surface area contributed by atoms with E-state index in [0.29, 0.717) is 0 Å². The Balaban J connectivity index is 1.70. The lowest BCUT2D eigenvalue weighted by molar-refractivity contribution is -0.617. The van der Waals surface area contributed by atoms with E-state index in [1.54, 1.807) is 0 Å². The molecule has 134 valence electrons. The van der Waals surface area contributed by atoms with Gasteiger partial charge in [0.1, 0.15) is 7.05 Å². The Bertz CT molecular complexity index is 1050. The smallest absolute Gasteiger partial charge is 0.213 e. The van der Waals surface area contributed by atoms with Gasteiger partial charge in [-0.3, -0.25) is 0 Å². The predicted octanol–water partition coefficient (Wildman–Crippen LogP) is 5.47. The quantitative estimate of drug-likeness (QED) is 0.342. The van der Waals surface area contributed by atoms with Crippen LogP contribution in [0, 0.1) is 0 Å². The largest absolute Gasteiger partial charge is 0.372 e. The normalized spacial score (nSPS) is 14.8. The molecule has 4 aromatic rings. The molecule has 3 aromatic carbocycles. The summed E-state index contributed by atoms with van der Waals surface area (Å²) in [5.41, 5.74) is 6.53. The molecule has 2 nitrogen and oxygen atoms in total. The minimum absolute atomic E-state index is 1.19. The third kappa shape index (κ3) is 2.76. The Morgan fingerprint density at radius 2 is 1.22 bits per heavy atom. The van der Waals surface area contributed by atoms with Crippen LogP contribution in [0.4, 0.5) is 5.69 Å². The first-order valence-electron chi connectivity index (χ1n) is 9.98. The second-order valence-corrected chi connectivity index (χ2v) is 7.56. The zero-order valence-corrected chi connectivity index (χ0v) is 15.9. The molecule has 5 rings (SSSR count). The summed E-state index contributed by atoms with van der Waals surface area (Å²) in [5.74, 6) is 0. The van der Waals surface area contributed by atoms with E-state index in [0.717, 1.165) is 0 Å². The summed E-state index contributed by atoms with van der Waals surface area (Å²) < 4.78 is 2.30. The van der Waals surface area contributed by atoms with E-state index >= 15 is 0 Å². The van der Waals surface area contributed by atoms with E-state index in [1.807, 2.05) is 0 Å². The van der Waals surface area contributed by atoms with Crippen LogP contribution in [0.5, 0.6) is 0 Å². The molecule has 0 N–H and O–H groups in total. The van der Waals surface area contributed by atoms with Gasteiger partial charge in [0.05, 0.1) is 10.8 Å². The molecule has 0 aliphatic carbocycles. The molecular weight excluding hydrogens is 328 g/mol. The molecule has 0 unspecified atom stereocenters. The Morgan fingerprint density at radius 3 is 1.81 bits per heavy atom. The van der Waals surface area contributed by atoms with Crippen LogP contribution in [0.15, 0.2) is 72.8 Å². The summed E-state index contributed by atoms with van der Waals surface area (Å²) in [4.78, 5) is 2.52. The van der Waals surface area contributed by atoms with Gasteiger partial charge in [-0.2, -0.15) is 4.57 Å². The van der Waals surface area contributed by atoms with E-state index in [1.165, 1.54) is 71.0 Å². The lowest BCUT2D eigenvalue weighted by Crippen LogP contribution is -2.30. The number of pyridine rings is 1. The van der Waals surface area contributed by atoms with Crippen molar-refractivity contribution in [3.63, 3.8) is 0 Å². The van der Waals surface area contributed by atoms with E-state index < -0.39 is 0 Å². The summed E-state index contributed by atoms with van der Waals surface area (Å²) in [6.45, 7) is 2.37. The molecule has 27 heavy (non-hydrogen) atoms. The van der Waals surface area contributed by atoms with Gasteiger partial charge in [0.15, 0.2) is 0 Å². The maximum absolute atomic E-state index is 2.52. The first-order chi connectivity index (χ1) is 13.3. The number of piperidine rings is 1. The van der Waals surface area contributed by atoms with Gasteiger partial charge in [-0.15, -0.1) is 0 Å². The highest BCUT2D eigenvalue weighted by atomic mass is 15.1. The first kappa shape index (κ1) is 16.3. The van der Waals surface area contributed by atoms with Crippen LogP contribution < -0.4 is 9.47 Å². The van der Waals surface area contributed by atoms with Crippen LogP contribution in [0.25, 0.3) is 32.9 Å². The Kier molecular flexibility index (Phi) is 4.05. The second-order valence-electron chi connectivity index (χ2n) is 7.56. The minimum Gasteiger partial charge on any atom is -0.372 e. The van der Waals surface area contributed by atoms with Crippen LogP contribution in [-0.2, 0) is 7.05 Å². The summed E-state index contributed by atoms with van der Waals surface area (Å²) >= 11 is 0. The molecule has 1 aliphatic heterocycles. The first-order valence-corrected chi connectivity index (χ1v) is 9.98. The number of hydrogen-bond donors (Lipinski definition) is 0. The van der Waals surface area contributed by atoms with Gasteiger partial charge in [-0.25, -0.2) is 0 Å². The van der Waals surface area contributed by atoms with Crippen molar-refractivity contribution in [2.45, 2.75) is 19.3 Å². The van der Waals surface area contributed by atoms with Gasteiger partial charge in [0.25, 0.3) is 0 Å². The molecule has 2 heterocycles. The van der Waals surface area contributed by atoms with Gasteiger partial charge < -0.3 is 4.90 Å². The van der Waals surface area contributed by atoms with Crippen molar-refractivity contribution in [3.8, 4) is 11.1 Å². The molecule has 1 aromatic heterocycles. The molecule has 0 saturated carbocycles. The van der Waals surface area contributed by atoms with Crippen molar-refractivity contribution in [3.05, 3.63) is 72.8 Å². The number of fused-ring (bicyclic) bond motifs is 2. The number of aryl methyl sites for hydroxylation is 1. The van der Waals surface area contributed by atoms with Crippen LogP contribution >= 0.6 is 0 Å². The summed E-state index contributed by atoms with van der Waals surface area (Å²) in [5, 5.41) is 2.62. The molecule has 1 aliphatic rings. The third-order valence-corrected chi connectivity index (χ3v) is 5.95. The van der Waals surface area contributed by atoms with Gasteiger partial charge in [-0.05, 0) is 49.1 Å². The maximum atomic E-state index is 2.52. The molecule has 1 saturated heterocycles. The predicted molar refractivity (Wildman–Crippen MR) is 114 cm³/mol. The minimum atomic E-state index is 1.19. The summed E-state index contributed by atoms with van der Waals surface area (Å²) in [6.07, 6.45) is 3.99. The third-order valence-electron chi connectivity index (χ3n) is 5.95. The van der Waals surface area contributed by atoms with E-state index in [-0.39, 0.29) is 0 Å². The highest BCUT2D eigenvalue weighted by molar-refractivity contribution is 6.07. The van der Waals surface area contributed by atoms with Crippen molar-refractivity contribution >= 4 is 27.5 Å². The van der Waals surface area contributed by atoms with Crippen molar-refractivity contribution in [1.82, 2.24) is 0 Å². The highest BCUT2D eigenvalue weighted by Crippen LogP contribution is 2.34. The van der Waals surface area contributed by atoms with Gasteiger partial charge in [-0.1, -0.05) is 36.4 Å². The average molecular weight is 353 g/mol. The standard InChI is InChI=1S/C25H25N2/c1-26-23-11-5-3-9-21(23)25(22-10-4-6-12-24(22)26)19-13-15-20(16-14-19)27-17-7-2-8-18-27/h3-6,9-16H,2,7-8,17-18H2,1H3/q+1. The molecule has 0 radical (unpaired) electrons. The van der Waals surface area contributed by atoms with Crippen LogP contribution in [-0.4, -0.2) is 13.1 Å². The average Bonchev–Trinajstić information content (AvgIpc) is 2.75. The highest BCUT2D eigenvalue weighted by Gasteiger charge is 2.18. The monoisotopic (exact) mass is 353 g/mol. The van der Waals surface area contributed by atoms with Gasteiger partial charge >= 0.3 is 0 Å². The van der Waals surface area contributed by atoms with Crippen LogP contribution in [0.3, 0.4) is 0 Å². The lowest BCUT2D eigenvalue weighted by Gasteiger charge is -2.29. The van der Waals surface area contributed by atoms with Gasteiger partial charge in [0, 0.05) is 36.5 Å². The number of hydrogen-bond acceptors (Lipinski definition) is 1. The number of nitrogens with zero attached hydrogens (tertiary/aromatic N) is 2. The number of rotatable bonds is 2. The lowest BCUT2D eigenvalue weighted by atomic mass is 9.95. The molecule has 0 atom stereocenters. The SMILES string of the molecule is C[n+]1c2ccccc2c(-c2ccc(N3CCCCC3)cc2)c2ccccc21. The topological polar surface area (TPSA) is 7.12 Å². The van der Waals surface area contributed by atoms with Crippen LogP contribution in [0.1, 0.15) is 19.3 Å². The fraction of sp³-hybridized carbons (Fsp3) is 0.240. The summed E-state index contributed by atoms with van der Waals surface area (Å²) in [7, 11) is 2.16. The Morgan fingerprint density at radius 1 is 0.667 bits per heavy atom. The number of para-hydroxylation sites is 2. The van der Waals surface area contributed by atoms with E-state index in [2.05, 4.69) is 89.3 Å². The van der Waals surface area contributed by atoms with E-state index in [9.17, 15) is 0 Å². The molecule has 0 bridgehead atoms. The second kappa shape index (κ2) is 6.70. The molecular formula is C25H25N2+. The summed E-state index contributed by atoms with van der Waals surface area (Å²) in [6, 6.07) is 26.7. The van der Waals surface area contributed by atoms with Crippen molar-refractivity contribution in [2.24, 2.45) is 7.05 Å². The van der Waals surface area contributed by atoms with Crippen molar-refractivity contribution < 1.29 is 4.57 Å². The van der Waals surface area contributed by atoms with Gasteiger partial charge in [0.2, 0.25) is 11.0 Å². The molecule has 0 spiro atoms. The molecule has 0 amide bonds. The Labute approximate surface area is 160 Å². The number of aromatic nitrogens is 1. The number of anilines is 1. The van der Waals surface area contributed by atoms with Crippen molar-refractivity contribution in [1.29, 1.82) is 0 Å². The fourth-order valence-electron chi connectivity index (χ4n) is 4.53. The maximum Gasteiger partial charge on any atom is 0.213 e. The Hall–Kier alpha value is -2.87. The molecule has 1 fully saturated rings. The zero-order chi connectivity index (χ0) is 18.2.